The molecule has 0 amide bonds. The second-order valence-corrected chi connectivity index (χ2v) is 5.61. The van der Waals surface area contributed by atoms with Gasteiger partial charge in [-0.1, -0.05) is 12.1 Å². The van der Waals surface area contributed by atoms with Gasteiger partial charge in [-0.2, -0.15) is 0 Å². The second-order valence-electron chi connectivity index (χ2n) is 5.61. The van der Waals surface area contributed by atoms with Crippen molar-refractivity contribution in [3.63, 3.8) is 0 Å². The molecule has 0 aliphatic carbocycles. The Morgan fingerprint density at radius 1 is 1.24 bits per heavy atom. The number of benzene rings is 1. The minimum absolute atomic E-state index is 0.208. The number of H-pyrrole nitrogens is 1. The van der Waals surface area contributed by atoms with Crippen LogP contribution in [-0.2, 0) is 16.1 Å². The zero-order chi connectivity index (χ0) is 17.2. The van der Waals surface area contributed by atoms with E-state index in [4.69, 9.17) is 4.74 Å². The Hall–Kier alpha value is -3.41. The molecule has 0 saturated heterocycles. The van der Waals surface area contributed by atoms with E-state index in [-0.39, 0.29) is 17.4 Å². The molecule has 1 aromatic carbocycles. The van der Waals surface area contributed by atoms with Crippen molar-refractivity contribution < 1.29 is 13.9 Å². The molecule has 25 heavy (non-hydrogen) atoms. The molecular formula is C19H14FN3O2. The Labute approximate surface area is 142 Å². The van der Waals surface area contributed by atoms with E-state index in [1.165, 1.54) is 18.2 Å². The number of ether oxygens (including phenoxy) is 1. The molecule has 4 rings (SSSR count). The third-order valence-corrected chi connectivity index (χ3v) is 3.87. The van der Waals surface area contributed by atoms with E-state index in [1.807, 2.05) is 12.1 Å². The summed E-state index contributed by atoms with van der Waals surface area (Å²) in [5.74, 6) is 0.124. The lowest BCUT2D eigenvalue weighted by atomic mass is 10.2. The van der Waals surface area contributed by atoms with Crippen molar-refractivity contribution in [3.8, 4) is 0 Å². The molecule has 0 unspecified atom stereocenters. The smallest absolute Gasteiger partial charge is 0.226 e. The van der Waals surface area contributed by atoms with Gasteiger partial charge in [-0.15, -0.1) is 0 Å². The fourth-order valence-corrected chi connectivity index (χ4v) is 2.61. The normalized spacial score (nSPS) is 15.5. The Morgan fingerprint density at radius 2 is 2.08 bits per heavy atom. The summed E-state index contributed by atoms with van der Waals surface area (Å²) in [6, 6.07) is 9.89. The standard InChI is InChI=1S/C19H14FN3O2/c20-14-5-3-12(4-6-14)10-22-18-9-16(24)17(25-18)8-13-11-23-19-15(13)2-1-7-21-19/h1-9,11,22H,10H2,(H,21,23)/b17-8+. The highest BCUT2D eigenvalue weighted by atomic mass is 19.1. The van der Waals surface area contributed by atoms with Crippen LogP contribution < -0.4 is 5.32 Å². The molecule has 2 aromatic heterocycles. The maximum atomic E-state index is 12.9. The maximum absolute atomic E-state index is 12.9. The molecule has 2 N–H and O–H groups in total. The number of fused-ring (bicyclic) bond motifs is 1. The van der Waals surface area contributed by atoms with Gasteiger partial charge < -0.3 is 15.0 Å². The van der Waals surface area contributed by atoms with E-state index in [0.29, 0.717) is 12.4 Å². The van der Waals surface area contributed by atoms with Crippen LogP contribution in [0, 0.1) is 5.82 Å². The number of aromatic nitrogens is 2. The predicted molar refractivity (Wildman–Crippen MR) is 91.5 cm³/mol. The van der Waals surface area contributed by atoms with Crippen LogP contribution in [-0.4, -0.2) is 15.8 Å². The van der Waals surface area contributed by atoms with Gasteiger partial charge in [0.05, 0.1) is 0 Å². The van der Waals surface area contributed by atoms with E-state index in [0.717, 1.165) is 22.2 Å². The first kappa shape index (κ1) is 15.1. The zero-order valence-corrected chi connectivity index (χ0v) is 13.1. The lowest BCUT2D eigenvalue weighted by Crippen LogP contribution is -2.12. The summed E-state index contributed by atoms with van der Waals surface area (Å²) < 4.78 is 18.5. The number of halogens is 1. The van der Waals surface area contributed by atoms with Crippen LogP contribution in [0.5, 0.6) is 0 Å². The molecule has 0 radical (unpaired) electrons. The number of nitrogens with zero attached hydrogens (tertiary/aromatic N) is 1. The minimum Gasteiger partial charge on any atom is -0.437 e. The van der Waals surface area contributed by atoms with Gasteiger partial charge in [0.25, 0.3) is 0 Å². The van der Waals surface area contributed by atoms with E-state index in [1.54, 1.807) is 30.6 Å². The number of allylic oxidation sites excluding steroid dienone is 1. The van der Waals surface area contributed by atoms with E-state index in [2.05, 4.69) is 15.3 Å². The molecule has 0 fully saturated rings. The fourth-order valence-electron chi connectivity index (χ4n) is 2.61. The molecule has 6 heteroatoms. The molecule has 3 heterocycles. The van der Waals surface area contributed by atoms with Crippen LogP contribution in [0.15, 0.2) is 66.5 Å². The van der Waals surface area contributed by atoms with Crippen LogP contribution >= 0.6 is 0 Å². The first-order chi connectivity index (χ1) is 12.2. The highest BCUT2D eigenvalue weighted by Gasteiger charge is 2.21. The Balaban J connectivity index is 1.47. The summed E-state index contributed by atoms with van der Waals surface area (Å²) in [4.78, 5) is 19.4. The maximum Gasteiger partial charge on any atom is 0.226 e. The molecular weight excluding hydrogens is 321 g/mol. The van der Waals surface area contributed by atoms with Crippen LogP contribution in [0.4, 0.5) is 4.39 Å². The van der Waals surface area contributed by atoms with Gasteiger partial charge >= 0.3 is 0 Å². The monoisotopic (exact) mass is 335 g/mol. The molecule has 0 spiro atoms. The van der Waals surface area contributed by atoms with Crippen molar-refractivity contribution in [3.05, 3.63) is 83.5 Å². The molecule has 5 nitrogen and oxygen atoms in total. The van der Waals surface area contributed by atoms with Crippen LogP contribution in [0.3, 0.4) is 0 Å². The van der Waals surface area contributed by atoms with Gasteiger partial charge in [0.1, 0.15) is 11.5 Å². The lowest BCUT2D eigenvalue weighted by molar-refractivity contribution is -0.112. The summed E-state index contributed by atoms with van der Waals surface area (Å²) in [6.07, 6.45) is 6.58. The molecule has 1 aliphatic rings. The average molecular weight is 335 g/mol. The van der Waals surface area contributed by atoms with Crippen molar-refractivity contribution in [2.75, 3.05) is 0 Å². The van der Waals surface area contributed by atoms with Crippen molar-refractivity contribution in [1.29, 1.82) is 0 Å². The molecule has 0 saturated carbocycles. The second kappa shape index (κ2) is 6.24. The van der Waals surface area contributed by atoms with Gasteiger partial charge in [0.15, 0.2) is 11.6 Å². The predicted octanol–water partition coefficient (Wildman–Crippen LogP) is 3.27. The number of aromatic amines is 1. The fraction of sp³-hybridized carbons (Fsp3) is 0.0526. The summed E-state index contributed by atoms with van der Waals surface area (Å²) in [6.45, 7) is 0.434. The van der Waals surface area contributed by atoms with E-state index < -0.39 is 0 Å². The van der Waals surface area contributed by atoms with E-state index in [9.17, 15) is 9.18 Å². The minimum atomic E-state index is -0.284. The van der Waals surface area contributed by atoms with Gasteiger partial charge in [-0.25, -0.2) is 9.37 Å². The average Bonchev–Trinajstić information content (AvgIpc) is 3.19. The molecule has 0 bridgehead atoms. The van der Waals surface area contributed by atoms with Crippen molar-refractivity contribution >= 4 is 22.9 Å². The van der Waals surface area contributed by atoms with Gasteiger partial charge in [0.2, 0.25) is 5.78 Å². The summed E-state index contributed by atoms with van der Waals surface area (Å²) >= 11 is 0. The first-order valence-corrected chi connectivity index (χ1v) is 7.75. The molecule has 1 aliphatic heterocycles. The number of ketones is 1. The van der Waals surface area contributed by atoms with Gasteiger partial charge in [-0.3, -0.25) is 4.79 Å². The Kier molecular flexibility index (Phi) is 3.78. The summed E-state index contributed by atoms with van der Waals surface area (Å²) in [5, 5.41) is 3.94. The first-order valence-electron chi connectivity index (χ1n) is 7.75. The van der Waals surface area contributed by atoms with Crippen molar-refractivity contribution in [2.45, 2.75) is 6.54 Å². The number of carbonyl (C=O) groups excluding carboxylic acids is 1. The highest BCUT2D eigenvalue weighted by Crippen LogP contribution is 2.23. The molecule has 3 aromatic rings. The van der Waals surface area contributed by atoms with Crippen LogP contribution in [0.1, 0.15) is 11.1 Å². The van der Waals surface area contributed by atoms with Crippen molar-refractivity contribution in [2.24, 2.45) is 0 Å². The van der Waals surface area contributed by atoms with E-state index >= 15 is 0 Å². The Bertz CT molecular complexity index is 1000. The van der Waals surface area contributed by atoms with Gasteiger partial charge in [0, 0.05) is 36.0 Å². The lowest BCUT2D eigenvalue weighted by Gasteiger charge is -2.07. The summed E-state index contributed by atoms with van der Waals surface area (Å²) in [5.41, 5.74) is 2.47. The number of hydrogen-bond donors (Lipinski definition) is 2. The number of rotatable bonds is 4. The quantitative estimate of drug-likeness (QED) is 0.718. The topological polar surface area (TPSA) is 67.0 Å². The number of hydrogen-bond acceptors (Lipinski definition) is 4. The highest BCUT2D eigenvalue weighted by molar-refractivity contribution is 6.08. The third kappa shape index (κ3) is 3.14. The zero-order valence-electron chi connectivity index (χ0n) is 13.1. The third-order valence-electron chi connectivity index (χ3n) is 3.87. The Morgan fingerprint density at radius 3 is 2.92 bits per heavy atom. The molecule has 0 atom stereocenters. The number of carbonyl (C=O) groups is 1. The largest absolute Gasteiger partial charge is 0.437 e. The number of pyridine rings is 1. The number of nitrogens with one attached hydrogen (secondary N) is 2. The van der Waals surface area contributed by atoms with Gasteiger partial charge in [-0.05, 0) is 35.9 Å². The van der Waals surface area contributed by atoms with Crippen LogP contribution in [0.2, 0.25) is 0 Å². The SMILES string of the molecule is O=C1C=C(NCc2ccc(F)cc2)O/C1=C/c1c[nH]c2ncccc12. The van der Waals surface area contributed by atoms with Crippen LogP contribution in [0.25, 0.3) is 17.1 Å². The molecule has 124 valence electrons. The summed E-state index contributed by atoms with van der Waals surface area (Å²) in [7, 11) is 0. The van der Waals surface area contributed by atoms with Crippen molar-refractivity contribution in [1.82, 2.24) is 15.3 Å².